The van der Waals surface area contributed by atoms with Crippen LogP contribution in [-0.4, -0.2) is 29.3 Å². The summed E-state index contributed by atoms with van der Waals surface area (Å²) in [6.07, 6.45) is 0.365. The summed E-state index contributed by atoms with van der Waals surface area (Å²) in [6.45, 7) is 9.02. The molecule has 0 aromatic heterocycles. The van der Waals surface area contributed by atoms with Gasteiger partial charge in [0, 0.05) is 19.5 Å². The monoisotopic (exact) mass is 288 g/mol. The van der Waals surface area contributed by atoms with Gasteiger partial charge in [-0.3, -0.25) is 9.59 Å². The number of nitrogens with one attached hydrogen (secondary N) is 1. The molecule has 1 aromatic rings. The smallest absolute Gasteiger partial charge is 0.246 e. The first-order chi connectivity index (χ1) is 9.79. The molecule has 4 nitrogen and oxygen atoms in total. The van der Waals surface area contributed by atoms with Gasteiger partial charge < -0.3 is 10.2 Å². The minimum atomic E-state index is -0.462. The molecule has 1 aliphatic heterocycles. The Bertz CT molecular complexity index is 546. The second-order valence-corrected chi connectivity index (χ2v) is 6.80. The maximum absolute atomic E-state index is 12.8. The standard InChI is InChI=1S/C17H24N2O2/c1-12-7-5-6-8-13(12)11-19-10-9-14(20)18-15(16(19)21)17(2,3)4/h5-8,15H,9-11H2,1-4H3,(H,18,20). The van der Waals surface area contributed by atoms with Gasteiger partial charge in [-0.25, -0.2) is 0 Å². The van der Waals surface area contributed by atoms with E-state index >= 15 is 0 Å². The Morgan fingerprint density at radius 3 is 2.52 bits per heavy atom. The fraction of sp³-hybridized carbons (Fsp3) is 0.529. The first kappa shape index (κ1) is 15.5. The van der Waals surface area contributed by atoms with Crippen LogP contribution in [0.1, 0.15) is 38.3 Å². The summed E-state index contributed by atoms with van der Waals surface area (Å²) in [5.74, 6) is -0.0350. The Morgan fingerprint density at radius 1 is 1.24 bits per heavy atom. The number of hydrogen-bond acceptors (Lipinski definition) is 2. The highest BCUT2D eigenvalue weighted by Gasteiger charge is 2.37. The molecule has 4 heteroatoms. The Hall–Kier alpha value is -1.84. The molecule has 0 spiro atoms. The number of rotatable bonds is 2. The molecule has 0 aliphatic carbocycles. The lowest BCUT2D eigenvalue weighted by molar-refractivity contribution is -0.136. The van der Waals surface area contributed by atoms with Gasteiger partial charge in [0.15, 0.2) is 0 Å². The van der Waals surface area contributed by atoms with Crippen molar-refractivity contribution in [3.8, 4) is 0 Å². The van der Waals surface area contributed by atoms with Crippen LogP contribution in [-0.2, 0) is 16.1 Å². The Labute approximate surface area is 126 Å². The second-order valence-electron chi connectivity index (χ2n) is 6.80. The summed E-state index contributed by atoms with van der Waals surface area (Å²) < 4.78 is 0. The molecule has 1 unspecified atom stereocenters. The number of nitrogens with zero attached hydrogens (tertiary/aromatic N) is 1. The molecule has 21 heavy (non-hydrogen) atoms. The first-order valence-corrected chi connectivity index (χ1v) is 7.41. The van der Waals surface area contributed by atoms with Crippen LogP contribution in [0.15, 0.2) is 24.3 Å². The molecule has 114 valence electrons. The van der Waals surface area contributed by atoms with E-state index < -0.39 is 6.04 Å². The van der Waals surface area contributed by atoms with Crippen LogP contribution in [0.5, 0.6) is 0 Å². The molecular formula is C17H24N2O2. The maximum atomic E-state index is 12.8. The van der Waals surface area contributed by atoms with E-state index in [9.17, 15) is 9.59 Å². The van der Waals surface area contributed by atoms with Crippen LogP contribution < -0.4 is 5.32 Å². The van der Waals surface area contributed by atoms with Crippen molar-refractivity contribution >= 4 is 11.8 Å². The van der Waals surface area contributed by atoms with Crippen LogP contribution in [0.4, 0.5) is 0 Å². The van der Waals surface area contributed by atoms with Crippen molar-refractivity contribution in [2.24, 2.45) is 5.41 Å². The highest BCUT2D eigenvalue weighted by Crippen LogP contribution is 2.24. The lowest BCUT2D eigenvalue weighted by Gasteiger charge is -2.32. The normalized spacial score (nSPS) is 20.2. The third-order valence-corrected chi connectivity index (χ3v) is 3.96. The fourth-order valence-electron chi connectivity index (χ4n) is 2.56. The van der Waals surface area contributed by atoms with E-state index in [1.165, 1.54) is 5.56 Å². The molecule has 1 aromatic carbocycles. The van der Waals surface area contributed by atoms with Gasteiger partial charge >= 0.3 is 0 Å². The molecular weight excluding hydrogens is 264 g/mol. The summed E-state index contributed by atoms with van der Waals surface area (Å²) in [7, 11) is 0. The van der Waals surface area contributed by atoms with Gasteiger partial charge in [0.05, 0.1) is 0 Å². The Morgan fingerprint density at radius 2 is 1.90 bits per heavy atom. The van der Waals surface area contributed by atoms with Gasteiger partial charge in [-0.1, -0.05) is 45.0 Å². The molecule has 0 bridgehead atoms. The van der Waals surface area contributed by atoms with Gasteiger partial charge in [-0.05, 0) is 23.5 Å². The molecule has 1 fully saturated rings. The van der Waals surface area contributed by atoms with Gasteiger partial charge in [0.25, 0.3) is 0 Å². The minimum Gasteiger partial charge on any atom is -0.344 e. The van der Waals surface area contributed by atoms with E-state index in [2.05, 4.69) is 5.32 Å². The van der Waals surface area contributed by atoms with Gasteiger partial charge in [0.2, 0.25) is 11.8 Å². The lowest BCUT2D eigenvalue weighted by atomic mass is 9.86. The van der Waals surface area contributed by atoms with Gasteiger partial charge in [-0.15, -0.1) is 0 Å². The average Bonchev–Trinajstić information content (AvgIpc) is 2.53. The molecule has 2 amide bonds. The number of aryl methyl sites for hydroxylation is 1. The van der Waals surface area contributed by atoms with Crippen LogP contribution in [0, 0.1) is 12.3 Å². The third-order valence-electron chi connectivity index (χ3n) is 3.96. The SMILES string of the molecule is Cc1ccccc1CN1CCC(=O)NC(C(C)(C)C)C1=O. The van der Waals surface area contributed by atoms with Crippen molar-refractivity contribution in [2.75, 3.05) is 6.54 Å². The molecule has 1 aliphatic rings. The number of carbonyl (C=O) groups is 2. The van der Waals surface area contributed by atoms with Crippen molar-refractivity contribution in [2.45, 2.75) is 46.7 Å². The molecule has 1 saturated heterocycles. The molecule has 0 saturated carbocycles. The van der Waals surface area contributed by atoms with Gasteiger partial charge in [0.1, 0.15) is 6.04 Å². The van der Waals surface area contributed by atoms with Crippen LogP contribution in [0.25, 0.3) is 0 Å². The quantitative estimate of drug-likeness (QED) is 0.907. The fourth-order valence-corrected chi connectivity index (χ4v) is 2.56. The topological polar surface area (TPSA) is 49.4 Å². The average molecular weight is 288 g/mol. The lowest BCUT2D eigenvalue weighted by Crippen LogP contribution is -2.51. The summed E-state index contributed by atoms with van der Waals surface area (Å²) >= 11 is 0. The van der Waals surface area contributed by atoms with E-state index in [0.717, 1.165) is 5.56 Å². The molecule has 2 rings (SSSR count). The summed E-state index contributed by atoms with van der Waals surface area (Å²) in [4.78, 5) is 26.4. The zero-order chi connectivity index (χ0) is 15.6. The zero-order valence-corrected chi connectivity index (χ0v) is 13.3. The van der Waals surface area contributed by atoms with Crippen LogP contribution >= 0.6 is 0 Å². The van der Waals surface area contributed by atoms with Crippen LogP contribution in [0.3, 0.4) is 0 Å². The highest BCUT2D eigenvalue weighted by molar-refractivity contribution is 5.90. The predicted octanol–water partition coefficient (Wildman–Crippen LogP) is 2.26. The summed E-state index contributed by atoms with van der Waals surface area (Å²) in [6, 6.07) is 7.59. The number of amides is 2. The summed E-state index contributed by atoms with van der Waals surface area (Å²) in [5.41, 5.74) is 2.01. The molecule has 1 atom stereocenters. The highest BCUT2D eigenvalue weighted by atomic mass is 16.2. The number of benzene rings is 1. The minimum absolute atomic E-state index is 0.0107. The van der Waals surface area contributed by atoms with E-state index in [0.29, 0.717) is 19.5 Å². The van der Waals surface area contributed by atoms with E-state index in [4.69, 9.17) is 0 Å². The van der Waals surface area contributed by atoms with Crippen LogP contribution in [0.2, 0.25) is 0 Å². The second kappa shape index (κ2) is 5.88. The largest absolute Gasteiger partial charge is 0.344 e. The van der Waals surface area contributed by atoms with Crippen molar-refractivity contribution in [3.05, 3.63) is 35.4 Å². The number of hydrogen-bond donors (Lipinski definition) is 1. The van der Waals surface area contributed by atoms with E-state index in [1.54, 1.807) is 4.90 Å². The molecule has 0 radical (unpaired) electrons. The first-order valence-electron chi connectivity index (χ1n) is 7.41. The van der Waals surface area contributed by atoms with E-state index in [-0.39, 0.29) is 17.2 Å². The zero-order valence-electron chi connectivity index (χ0n) is 13.3. The Kier molecular flexibility index (Phi) is 4.35. The third kappa shape index (κ3) is 3.63. The Balaban J connectivity index is 2.24. The number of carbonyl (C=O) groups excluding carboxylic acids is 2. The summed E-state index contributed by atoms with van der Waals surface area (Å²) in [5, 5.41) is 2.87. The van der Waals surface area contributed by atoms with E-state index in [1.807, 2.05) is 52.0 Å². The van der Waals surface area contributed by atoms with Crippen molar-refractivity contribution in [1.82, 2.24) is 10.2 Å². The maximum Gasteiger partial charge on any atom is 0.246 e. The van der Waals surface area contributed by atoms with Crippen molar-refractivity contribution < 1.29 is 9.59 Å². The molecule has 1 heterocycles. The molecule has 1 N–H and O–H groups in total. The van der Waals surface area contributed by atoms with Gasteiger partial charge in [-0.2, -0.15) is 0 Å². The van der Waals surface area contributed by atoms with Crippen molar-refractivity contribution in [1.29, 1.82) is 0 Å². The van der Waals surface area contributed by atoms with Crippen molar-refractivity contribution in [3.63, 3.8) is 0 Å². The predicted molar refractivity (Wildman–Crippen MR) is 82.6 cm³/mol.